The average Bonchev–Trinajstić information content (AvgIpc) is 2.17. The van der Waals surface area contributed by atoms with Crippen LogP contribution in [0.5, 0.6) is 0 Å². The normalized spacial score (nSPS) is 22.1. The molecule has 1 heteroatoms. The van der Waals surface area contributed by atoms with Gasteiger partial charge in [0.05, 0.1) is 0 Å². The molecule has 1 aliphatic rings. The van der Waals surface area contributed by atoms with Crippen LogP contribution in [0.3, 0.4) is 0 Å². The summed E-state index contributed by atoms with van der Waals surface area (Å²) >= 11 is 0. The van der Waals surface area contributed by atoms with Gasteiger partial charge in [0.25, 0.3) is 0 Å². The predicted molar refractivity (Wildman–Crippen MR) is 68.4 cm³/mol. The zero-order valence-electron chi connectivity index (χ0n) is 10.8. The highest BCUT2D eigenvalue weighted by atomic mass is 14.7. The Hall–Kier alpha value is -0.850. The smallest absolute Gasteiger partial charge is 0.0438 e. The summed E-state index contributed by atoms with van der Waals surface area (Å²) in [4.78, 5) is 4.58. The van der Waals surface area contributed by atoms with E-state index in [1.54, 1.807) is 0 Å². The van der Waals surface area contributed by atoms with Gasteiger partial charge < -0.3 is 0 Å². The monoisotopic (exact) mass is 217 g/mol. The van der Waals surface area contributed by atoms with E-state index in [4.69, 9.17) is 0 Å². The maximum Gasteiger partial charge on any atom is 0.0438 e. The molecule has 1 aromatic heterocycles. The lowest BCUT2D eigenvalue weighted by atomic mass is 9.73. The fourth-order valence-corrected chi connectivity index (χ4v) is 2.66. The lowest BCUT2D eigenvalue weighted by Gasteiger charge is -2.32. The summed E-state index contributed by atoms with van der Waals surface area (Å²) in [5.41, 5.74) is 3.24. The summed E-state index contributed by atoms with van der Waals surface area (Å²) < 4.78 is 0. The third kappa shape index (κ3) is 2.63. The Bertz CT molecular complexity index is 349. The van der Waals surface area contributed by atoms with Crippen LogP contribution in [0, 0.1) is 11.3 Å². The lowest BCUT2D eigenvalue weighted by molar-refractivity contribution is 0.214. The molecule has 0 aliphatic heterocycles. The molecule has 1 heterocycles. The molecular formula is C15H23N. The van der Waals surface area contributed by atoms with Crippen LogP contribution in [-0.2, 0) is 12.8 Å². The largest absolute Gasteiger partial charge is 0.261 e. The molecule has 0 saturated heterocycles. The summed E-state index contributed by atoms with van der Waals surface area (Å²) in [5, 5.41) is 0. The van der Waals surface area contributed by atoms with Gasteiger partial charge in [-0.15, -0.1) is 0 Å². The van der Waals surface area contributed by atoms with E-state index in [9.17, 15) is 0 Å². The SMILES string of the molecule is CC(C)(C)C1CCCCc2cccnc2C1. The summed E-state index contributed by atoms with van der Waals surface area (Å²) in [5.74, 6) is 0.779. The van der Waals surface area contributed by atoms with E-state index in [0.29, 0.717) is 5.41 Å². The Labute approximate surface area is 99.3 Å². The maximum atomic E-state index is 4.58. The van der Waals surface area contributed by atoms with Gasteiger partial charge in [-0.3, -0.25) is 4.98 Å². The number of hydrogen-bond donors (Lipinski definition) is 0. The number of fused-ring (bicyclic) bond motifs is 1. The van der Waals surface area contributed by atoms with Gasteiger partial charge in [-0.05, 0) is 48.6 Å². The minimum Gasteiger partial charge on any atom is -0.261 e. The number of hydrogen-bond acceptors (Lipinski definition) is 1. The Kier molecular flexibility index (Phi) is 3.32. The molecule has 0 bridgehead atoms. The molecule has 0 fully saturated rings. The minimum atomic E-state index is 0.409. The molecule has 0 amide bonds. The highest BCUT2D eigenvalue weighted by molar-refractivity contribution is 5.21. The molecular weight excluding hydrogens is 194 g/mol. The van der Waals surface area contributed by atoms with Crippen molar-refractivity contribution in [2.45, 2.75) is 52.9 Å². The standard InChI is InChI=1S/C15H23N/c1-15(2,3)13-9-5-4-7-12-8-6-10-16-14(12)11-13/h6,8,10,13H,4-5,7,9,11H2,1-3H3. The first-order valence-corrected chi connectivity index (χ1v) is 6.50. The first kappa shape index (κ1) is 11.6. The predicted octanol–water partition coefficient (Wildman–Crippen LogP) is 4.01. The molecule has 1 atom stereocenters. The van der Waals surface area contributed by atoms with Crippen LogP contribution in [0.4, 0.5) is 0 Å². The maximum absolute atomic E-state index is 4.58. The van der Waals surface area contributed by atoms with Crippen molar-refractivity contribution in [3.8, 4) is 0 Å². The lowest BCUT2D eigenvalue weighted by Crippen LogP contribution is -2.24. The van der Waals surface area contributed by atoms with Crippen molar-refractivity contribution in [3.63, 3.8) is 0 Å². The van der Waals surface area contributed by atoms with Crippen LogP contribution in [-0.4, -0.2) is 4.98 Å². The van der Waals surface area contributed by atoms with Gasteiger partial charge in [0, 0.05) is 11.9 Å². The number of aryl methyl sites for hydroxylation is 1. The fraction of sp³-hybridized carbons (Fsp3) is 0.667. The van der Waals surface area contributed by atoms with Crippen molar-refractivity contribution in [1.29, 1.82) is 0 Å². The molecule has 1 aromatic rings. The first-order chi connectivity index (χ1) is 7.57. The number of aromatic nitrogens is 1. The average molecular weight is 217 g/mol. The van der Waals surface area contributed by atoms with E-state index < -0.39 is 0 Å². The van der Waals surface area contributed by atoms with Crippen molar-refractivity contribution < 1.29 is 0 Å². The van der Waals surface area contributed by atoms with Crippen LogP contribution in [0.2, 0.25) is 0 Å². The second kappa shape index (κ2) is 4.57. The summed E-state index contributed by atoms with van der Waals surface area (Å²) in [7, 11) is 0. The van der Waals surface area contributed by atoms with Crippen molar-refractivity contribution in [1.82, 2.24) is 4.98 Å². The van der Waals surface area contributed by atoms with Crippen LogP contribution in [0.1, 0.15) is 51.3 Å². The van der Waals surface area contributed by atoms with Gasteiger partial charge in [0.2, 0.25) is 0 Å². The third-order valence-corrected chi connectivity index (χ3v) is 3.90. The van der Waals surface area contributed by atoms with E-state index in [1.165, 1.54) is 43.4 Å². The van der Waals surface area contributed by atoms with E-state index in [0.717, 1.165) is 5.92 Å². The van der Waals surface area contributed by atoms with Crippen LogP contribution < -0.4 is 0 Å². The highest BCUT2D eigenvalue weighted by Gasteiger charge is 2.26. The van der Waals surface area contributed by atoms with Gasteiger partial charge in [-0.1, -0.05) is 33.3 Å². The second-order valence-electron chi connectivity index (χ2n) is 6.12. The minimum absolute atomic E-state index is 0.409. The molecule has 88 valence electrons. The van der Waals surface area contributed by atoms with Crippen molar-refractivity contribution in [3.05, 3.63) is 29.6 Å². The number of rotatable bonds is 0. The summed E-state index contributed by atoms with van der Waals surface area (Å²) in [6.45, 7) is 7.09. The van der Waals surface area contributed by atoms with Gasteiger partial charge in [0.15, 0.2) is 0 Å². The molecule has 0 aromatic carbocycles. The Morgan fingerprint density at radius 1 is 1.25 bits per heavy atom. The summed E-state index contributed by atoms with van der Waals surface area (Å²) in [6, 6.07) is 4.33. The van der Waals surface area contributed by atoms with Crippen molar-refractivity contribution >= 4 is 0 Å². The Morgan fingerprint density at radius 2 is 2.06 bits per heavy atom. The van der Waals surface area contributed by atoms with Crippen LogP contribution in [0.25, 0.3) is 0 Å². The van der Waals surface area contributed by atoms with E-state index in [-0.39, 0.29) is 0 Å². The molecule has 1 unspecified atom stereocenters. The fourth-order valence-electron chi connectivity index (χ4n) is 2.66. The van der Waals surface area contributed by atoms with Gasteiger partial charge >= 0.3 is 0 Å². The van der Waals surface area contributed by atoms with Crippen LogP contribution in [0.15, 0.2) is 18.3 Å². The topological polar surface area (TPSA) is 12.9 Å². The molecule has 0 spiro atoms. The molecule has 0 saturated carbocycles. The third-order valence-electron chi connectivity index (χ3n) is 3.90. The molecule has 1 nitrogen and oxygen atoms in total. The van der Waals surface area contributed by atoms with Crippen LogP contribution >= 0.6 is 0 Å². The van der Waals surface area contributed by atoms with Gasteiger partial charge in [0.1, 0.15) is 0 Å². The molecule has 1 aliphatic carbocycles. The number of pyridine rings is 1. The summed E-state index contributed by atoms with van der Waals surface area (Å²) in [6.07, 6.45) is 8.39. The van der Waals surface area contributed by atoms with E-state index in [2.05, 4.69) is 37.9 Å². The van der Waals surface area contributed by atoms with Crippen molar-refractivity contribution in [2.75, 3.05) is 0 Å². The number of nitrogens with zero attached hydrogens (tertiary/aromatic N) is 1. The second-order valence-corrected chi connectivity index (χ2v) is 6.12. The zero-order valence-corrected chi connectivity index (χ0v) is 10.8. The zero-order chi connectivity index (χ0) is 11.6. The molecule has 0 N–H and O–H groups in total. The molecule has 0 radical (unpaired) electrons. The van der Waals surface area contributed by atoms with E-state index in [1.807, 2.05) is 6.20 Å². The van der Waals surface area contributed by atoms with E-state index >= 15 is 0 Å². The van der Waals surface area contributed by atoms with Gasteiger partial charge in [-0.25, -0.2) is 0 Å². The Balaban J connectivity index is 2.25. The first-order valence-electron chi connectivity index (χ1n) is 6.50. The van der Waals surface area contributed by atoms with Gasteiger partial charge in [-0.2, -0.15) is 0 Å². The highest BCUT2D eigenvalue weighted by Crippen LogP contribution is 2.35. The molecule has 2 rings (SSSR count). The quantitative estimate of drug-likeness (QED) is 0.640. The Morgan fingerprint density at radius 3 is 2.81 bits per heavy atom. The van der Waals surface area contributed by atoms with Crippen molar-refractivity contribution in [2.24, 2.45) is 11.3 Å². The molecule has 16 heavy (non-hydrogen) atoms.